The van der Waals surface area contributed by atoms with E-state index in [1.165, 1.54) is 19.6 Å². The van der Waals surface area contributed by atoms with Crippen LogP contribution in [0.15, 0.2) is 35.1 Å². The van der Waals surface area contributed by atoms with Crippen LogP contribution in [-0.2, 0) is 4.74 Å². The summed E-state index contributed by atoms with van der Waals surface area (Å²) < 4.78 is 9.81. The highest BCUT2D eigenvalue weighted by atomic mass is 16.5. The minimum atomic E-state index is -0.449. The van der Waals surface area contributed by atoms with Gasteiger partial charge in [0, 0.05) is 11.1 Å². The second kappa shape index (κ2) is 4.54. The van der Waals surface area contributed by atoms with Gasteiger partial charge < -0.3 is 9.15 Å². The van der Waals surface area contributed by atoms with Gasteiger partial charge in [-0.3, -0.25) is 0 Å². The van der Waals surface area contributed by atoms with Crippen molar-refractivity contribution in [1.29, 1.82) is 0 Å². The molecule has 4 nitrogen and oxygen atoms in total. The number of nitrogens with zero attached hydrogens (tertiary/aromatic N) is 1. The molecule has 1 aromatic carbocycles. The van der Waals surface area contributed by atoms with Crippen LogP contribution in [0, 0.1) is 12.3 Å². The standard InChI is InChI=1S/C13H9NO3/c1-3-9-6-10(12-14-4-5-17-12)8-11(7-9)13(15)16-2/h1,4-8H,2H3. The first kappa shape index (κ1) is 11.0. The maximum Gasteiger partial charge on any atom is 0.337 e. The van der Waals surface area contributed by atoms with Gasteiger partial charge in [0.2, 0.25) is 5.89 Å². The summed E-state index contributed by atoms with van der Waals surface area (Å²) >= 11 is 0. The normalized spacial score (nSPS) is 9.65. The van der Waals surface area contributed by atoms with E-state index >= 15 is 0 Å². The molecule has 0 bridgehead atoms. The fraction of sp³-hybridized carbons (Fsp3) is 0.0769. The summed E-state index contributed by atoms with van der Waals surface area (Å²) in [5.74, 6) is 2.43. The van der Waals surface area contributed by atoms with Crippen molar-refractivity contribution in [3.05, 3.63) is 41.8 Å². The van der Waals surface area contributed by atoms with Crippen LogP contribution in [0.25, 0.3) is 11.5 Å². The molecule has 84 valence electrons. The molecule has 0 radical (unpaired) electrons. The van der Waals surface area contributed by atoms with E-state index in [9.17, 15) is 4.79 Å². The van der Waals surface area contributed by atoms with Gasteiger partial charge in [-0.15, -0.1) is 6.42 Å². The number of carbonyl (C=O) groups is 1. The first-order valence-corrected chi connectivity index (χ1v) is 4.84. The molecule has 0 aliphatic carbocycles. The Labute approximate surface area is 98.2 Å². The minimum Gasteiger partial charge on any atom is -0.465 e. The lowest BCUT2D eigenvalue weighted by atomic mass is 10.1. The lowest BCUT2D eigenvalue weighted by Crippen LogP contribution is -2.02. The Balaban J connectivity index is 2.54. The number of aromatic nitrogens is 1. The minimum absolute atomic E-state index is 0.371. The van der Waals surface area contributed by atoms with Gasteiger partial charge >= 0.3 is 5.97 Å². The van der Waals surface area contributed by atoms with Crippen molar-refractivity contribution < 1.29 is 13.9 Å². The number of ether oxygens (including phenoxy) is 1. The predicted molar refractivity (Wildman–Crippen MR) is 61.2 cm³/mol. The molecule has 2 aromatic rings. The number of benzene rings is 1. The first-order chi connectivity index (χ1) is 8.24. The summed E-state index contributed by atoms with van der Waals surface area (Å²) in [7, 11) is 1.32. The third-order valence-electron chi connectivity index (χ3n) is 2.20. The molecule has 0 N–H and O–H groups in total. The average Bonchev–Trinajstić information content (AvgIpc) is 2.91. The lowest BCUT2D eigenvalue weighted by molar-refractivity contribution is 0.0600. The van der Waals surface area contributed by atoms with Crippen molar-refractivity contribution >= 4 is 5.97 Å². The van der Waals surface area contributed by atoms with Crippen LogP contribution in [0.1, 0.15) is 15.9 Å². The third kappa shape index (κ3) is 2.18. The van der Waals surface area contributed by atoms with Crippen LogP contribution >= 0.6 is 0 Å². The summed E-state index contributed by atoms with van der Waals surface area (Å²) in [5, 5.41) is 0. The molecule has 1 heterocycles. The van der Waals surface area contributed by atoms with Gasteiger partial charge in [-0.1, -0.05) is 5.92 Å². The third-order valence-corrected chi connectivity index (χ3v) is 2.20. The second-order valence-electron chi connectivity index (χ2n) is 3.27. The molecular formula is C13H9NO3. The summed E-state index contributed by atoms with van der Waals surface area (Å²) in [6.07, 6.45) is 8.31. The van der Waals surface area contributed by atoms with Crippen LogP contribution in [0.3, 0.4) is 0 Å². The lowest BCUT2D eigenvalue weighted by Gasteiger charge is -2.03. The molecule has 0 aliphatic heterocycles. The van der Waals surface area contributed by atoms with Crippen molar-refractivity contribution in [1.82, 2.24) is 4.98 Å². The van der Waals surface area contributed by atoms with Crippen molar-refractivity contribution in [2.75, 3.05) is 7.11 Å². The van der Waals surface area contributed by atoms with E-state index in [-0.39, 0.29) is 0 Å². The number of rotatable bonds is 2. The quantitative estimate of drug-likeness (QED) is 0.582. The van der Waals surface area contributed by atoms with Crippen LogP contribution in [0.2, 0.25) is 0 Å². The fourth-order valence-electron chi connectivity index (χ4n) is 1.44. The zero-order valence-corrected chi connectivity index (χ0v) is 9.14. The molecule has 0 spiro atoms. The van der Waals surface area contributed by atoms with E-state index in [2.05, 4.69) is 15.6 Å². The predicted octanol–water partition coefficient (Wildman–Crippen LogP) is 2.11. The highest BCUT2D eigenvalue weighted by Crippen LogP contribution is 2.21. The zero-order valence-electron chi connectivity index (χ0n) is 9.14. The molecule has 0 saturated heterocycles. The van der Waals surface area contributed by atoms with Crippen LogP contribution in [0.5, 0.6) is 0 Å². The maximum atomic E-state index is 11.5. The molecule has 0 unspecified atom stereocenters. The number of carbonyl (C=O) groups excluding carboxylic acids is 1. The zero-order chi connectivity index (χ0) is 12.3. The Bertz CT molecular complexity index is 579. The molecule has 17 heavy (non-hydrogen) atoms. The average molecular weight is 227 g/mol. The van der Waals surface area contributed by atoms with E-state index < -0.39 is 5.97 Å². The summed E-state index contributed by atoms with van der Waals surface area (Å²) in [6.45, 7) is 0. The van der Waals surface area contributed by atoms with E-state index in [0.29, 0.717) is 22.6 Å². The highest BCUT2D eigenvalue weighted by molar-refractivity contribution is 5.91. The Kier molecular flexibility index (Phi) is 2.93. The molecule has 0 saturated carbocycles. The van der Waals surface area contributed by atoms with Crippen molar-refractivity contribution in [3.8, 4) is 23.8 Å². The number of hydrogen-bond acceptors (Lipinski definition) is 4. The number of terminal acetylenes is 1. The van der Waals surface area contributed by atoms with Gasteiger partial charge in [-0.2, -0.15) is 0 Å². The molecule has 1 aromatic heterocycles. The van der Waals surface area contributed by atoms with Gasteiger partial charge in [0.25, 0.3) is 0 Å². The number of oxazole rings is 1. The van der Waals surface area contributed by atoms with Gasteiger partial charge in [0.1, 0.15) is 6.26 Å². The topological polar surface area (TPSA) is 52.3 Å². The Hall–Kier alpha value is -2.54. The first-order valence-electron chi connectivity index (χ1n) is 4.84. The molecule has 0 aliphatic rings. The Morgan fingerprint density at radius 1 is 1.47 bits per heavy atom. The second-order valence-corrected chi connectivity index (χ2v) is 3.27. The highest BCUT2D eigenvalue weighted by Gasteiger charge is 2.11. The van der Waals surface area contributed by atoms with Crippen LogP contribution in [0.4, 0.5) is 0 Å². The molecule has 0 fully saturated rings. The van der Waals surface area contributed by atoms with Crippen LogP contribution < -0.4 is 0 Å². The molecule has 4 heteroatoms. The van der Waals surface area contributed by atoms with Crippen molar-refractivity contribution in [2.45, 2.75) is 0 Å². The van der Waals surface area contributed by atoms with Crippen molar-refractivity contribution in [3.63, 3.8) is 0 Å². The largest absolute Gasteiger partial charge is 0.465 e. The molecule has 2 rings (SSSR count). The Morgan fingerprint density at radius 3 is 2.88 bits per heavy atom. The Morgan fingerprint density at radius 2 is 2.29 bits per heavy atom. The maximum absolute atomic E-state index is 11.5. The monoisotopic (exact) mass is 227 g/mol. The van der Waals surface area contributed by atoms with Gasteiger partial charge in [0.05, 0.1) is 18.9 Å². The van der Waals surface area contributed by atoms with E-state index in [4.69, 9.17) is 10.8 Å². The van der Waals surface area contributed by atoms with Gasteiger partial charge in [-0.05, 0) is 18.2 Å². The SMILES string of the molecule is C#Cc1cc(C(=O)OC)cc(-c2ncco2)c1. The van der Waals surface area contributed by atoms with Crippen LogP contribution in [-0.4, -0.2) is 18.1 Å². The van der Waals surface area contributed by atoms with Gasteiger partial charge in [-0.25, -0.2) is 9.78 Å². The summed E-state index contributed by atoms with van der Waals surface area (Å²) in [4.78, 5) is 15.5. The summed E-state index contributed by atoms with van der Waals surface area (Å²) in [5.41, 5.74) is 1.59. The fourth-order valence-corrected chi connectivity index (χ4v) is 1.44. The molecular weight excluding hydrogens is 218 g/mol. The number of esters is 1. The molecule has 0 atom stereocenters. The molecule has 0 amide bonds. The summed E-state index contributed by atoms with van der Waals surface area (Å²) in [6, 6.07) is 4.93. The van der Waals surface area contributed by atoms with E-state index in [1.54, 1.807) is 18.2 Å². The van der Waals surface area contributed by atoms with Crippen molar-refractivity contribution in [2.24, 2.45) is 0 Å². The van der Waals surface area contributed by atoms with Gasteiger partial charge in [0.15, 0.2) is 0 Å². The van der Waals surface area contributed by atoms with E-state index in [0.717, 1.165) is 0 Å². The van der Waals surface area contributed by atoms with E-state index in [1.807, 2.05) is 0 Å². The number of methoxy groups -OCH3 is 1. The number of hydrogen-bond donors (Lipinski definition) is 0. The smallest absolute Gasteiger partial charge is 0.337 e.